The van der Waals surface area contributed by atoms with Gasteiger partial charge >= 0.3 is 0 Å². The molecule has 0 saturated heterocycles. The summed E-state index contributed by atoms with van der Waals surface area (Å²) < 4.78 is 5.63. The smallest absolute Gasteiger partial charge is 0.241 e. The molecule has 4 aliphatic carbocycles. The van der Waals surface area contributed by atoms with Gasteiger partial charge < -0.3 is 15.0 Å². The van der Waals surface area contributed by atoms with Crippen LogP contribution in [0, 0.1) is 23.2 Å². The first-order valence-electron chi connectivity index (χ1n) is 10.3. The fourth-order valence-corrected chi connectivity index (χ4v) is 5.95. The van der Waals surface area contributed by atoms with E-state index in [0.717, 1.165) is 42.8 Å². The molecule has 1 aromatic rings. The van der Waals surface area contributed by atoms with Crippen LogP contribution >= 0.6 is 11.6 Å². The molecule has 2 amide bonds. The van der Waals surface area contributed by atoms with Crippen molar-refractivity contribution in [1.29, 1.82) is 0 Å². The van der Waals surface area contributed by atoms with Crippen LogP contribution in [0.4, 0.5) is 0 Å². The average molecular weight is 405 g/mol. The van der Waals surface area contributed by atoms with Crippen LogP contribution in [0.25, 0.3) is 0 Å². The third kappa shape index (κ3) is 4.14. The summed E-state index contributed by atoms with van der Waals surface area (Å²) in [6.45, 7) is 0.930. The summed E-state index contributed by atoms with van der Waals surface area (Å²) in [5.74, 6) is 2.91. The van der Waals surface area contributed by atoms with Gasteiger partial charge in [-0.1, -0.05) is 11.6 Å². The molecule has 5 rings (SSSR count). The fourth-order valence-electron chi connectivity index (χ4n) is 5.82. The minimum Gasteiger partial charge on any atom is -0.492 e. The minimum absolute atomic E-state index is 0.0675. The van der Waals surface area contributed by atoms with Gasteiger partial charge in [-0.15, -0.1) is 0 Å². The van der Waals surface area contributed by atoms with Crippen LogP contribution in [0.5, 0.6) is 5.75 Å². The van der Waals surface area contributed by atoms with Crippen molar-refractivity contribution in [2.75, 3.05) is 26.7 Å². The number of rotatable bonds is 7. The second-order valence-electron chi connectivity index (χ2n) is 9.00. The van der Waals surface area contributed by atoms with E-state index in [9.17, 15) is 9.59 Å². The summed E-state index contributed by atoms with van der Waals surface area (Å²) in [5.41, 5.74) is -0.203. The second-order valence-corrected chi connectivity index (χ2v) is 9.43. The van der Waals surface area contributed by atoms with E-state index in [2.05, 4.69) is 5.32 Å². The van der Waals surface area contributed by atoms with Crippen molar-refractivity contribution in [3.05, 3.63) is 29.3 Å². The Balaban J connectivity index is 1.21. The van der Waals surface area contributed by atoms with Crippen LogP contribution in [0.1, 0.15) is 38.5 Å². The van der Waals surface area contributed by atoms with E-state index in [-0.39, 0.29) is 23.8 Å². The highest BCUT2D eigenvalue weighted by molar-refractivity contribution is 6.30. The molecule has 152 valence electrons. The number of hydrogen-bond donors (Lipinski definition) is 1. The van der Waals surface area contributed by atoms with E-state index in [1.165, 1.54) is 19.3 Å². The van der Waals surface area contributed by atoms with Gasteiger partial charge in [-0.3, -0.25) is 9.59 Å². The van der Waals surface area contributed by atoms with Gasteiger partial charge in [-0.2, -0.15) is 0 Å². The molecule has 0 unspecified atom stereocenters. The van der Waals surface area contributed by atoms with Gasteiger partial charge in [0.25, 0.3) is 0 Å². The largest absolute Gasteiger partial charge is 0.492 e. The van der Waals surface area contributed by atoms with Crippen LogP contribution in [-0.4, -0.2) is 43.5 Å². The Morgan fingerprint density at radius 1 is 1.11 bits per heavy atom. The lowest BCUT2D eigenvalue weighted by Crippen LogP contribution is -2.54. The van der Waals surface area contributed by atoms with Crippen molar-refractivity contribution >= 4 is 23.4 Å². The molecule has 0 spiro atoms. The van der Waals surface area contributed by atoms with Crippen molar-refractivity contribution in [1.82, 2.24) is 10.2 Å². The van der Waals surface area contributed by atoms with E-state index < -0.39 is 0 Å². The van der Waals surface area contributed by atoms with Crippen LogP contribution in [0.3, 0.4) is 0 Å². The van der Waals surface area contributed by atoms with Gasteiger partial charge in [-0.05, 0) is 80.5 Å². The van der Waals surface area contributed by atoms with Gasteiger partial charge in [0.05, 0.1) is 13.1 Å². The quantitative estimate of drug-likeness (QED) is 0.756. The predicted molar refractivity (Wildman–Crippen MR) is 108 cm³/mol. The zero-order valence-corrected chi connectivity index (χ0v) is 17.2. The molecule has 4 saturated carbocycles. The highest BCUT2D eigenvalue weighted by Gasteiger charge is 2.54. The Morgan fingerprint density at radius 3 is 2.25 bits per heavy atom. The zero-order valence-electron chi connectivity index (χ0n) is 16.5. The van der Waals surface area contributed by atoms with E-state index in [4.69, 9.17) is 16.3 Å². The number of benzene rings is 1. The number of ether oxygens (including phenoxy) is 1. The van der Waals surface area contributed by atoms with Gasteiger partial charge in [0, 0.05) is 17.5 Å². The topological polar surface area (TPSA) is 58.6 Å². The number of carbonyl (C=O) groups excluding carboxylic acids is 2. The standard InChI is InChI=1S/C22H29ClN2O3/c1-25(6-7-28-19-4-2-18(23)3-5-19)20(26)14-24-21(27)22-11-15-8-16(12-22)10-17(9-15)13-22/h2-5,15-17H,6-14H2,1H3,(H,24,27). The maximum atomic E-state index is 12.9. The first-order chi connectivity index (χ1) is 13.4. The number of carbonyl (C=O) groups is 2. The highest BCUT2D eigenvalue weighted by atomic mass is 35.5. The predicted octanol–water partition coefficient (Wildman–Crippen LogP) is 3.51. The molecule has 4 aliphatic rings. The fraction of sp³-hybridized carbons (Fsp3) is 0.636. The maximum Gasteiger partial charge on any atom is 0.241 e. The van der Waals surface area contributed by atoms with E-state index >= 15 is 0 Å². The number of halogens is 1. The molecular formula is C22H29ClN2O3. The summed E-state index contributed by atoms with van der Waals surface area (Å²) in [6.07, 6.45) is 6.98. The van der Waals surface area contributed by atoms with E-state index in [1.54, 1.807) is 36.2 Å². The Labute approximate surface area is 171 Å². The van der Waals surface area contributed by atoms with Crippen molar-refractivity contribution in [3.63, 3.8) is 0 Å². The van der Waals surface area contributed by atoms with E-state index in [0.29, 0.717) is 18.2 Å². The van der Waals surface area contributed by atoms with Gasteiger partial charge in [0.1, 0.15) is 12.4 Å². The Hall–Kier alpha value is -1.75. The first kappa shape index (κ1) is 19.6. The number of nitrogens with zero attached hydrogens (tertiary/aromatic N) is 1. The van der Waals surface area contributed by atoms with Crippen LogP contribution in [0.15, 0.2) is 24.3 Å². The summed E-state index contributed by atoms with van der Waals surface area (Å²) in [5, 5.41) is 3.61. The van der Waals surface area contributed by atoms with Gasteiger partial charge in [0.15, 0.2) is 0 Å². The Bertz CT molecular complexity index is 699. The number of amides is 2. The molecule has 0 aliphatic heterocycles. The Morgan fingerprint density at radius 2 is 1.68 bits per heavy atom. The molecule has 1 N–H and O–H groups in total. The summed E-state index contributed by atoms with van der Waals surface area (Å²) >= 11 is 5.85. The lowest BCUT2D eigenvalue weighted by molar-refractivity contribution is -0.147. The number of nitrogens with one attached hydrogen (secondary N) is 1. The maximum absolute atomic E-state index is 12.9. The van der Waals surface area contributed by atoms with Crippen LogP contribution in [0.2, 0.25) is 5.02 Å². The zero-order chi connectivity index (χ0) is 19.7. The van der Waals surface area contributed by atoms with E-state index in [1.807, 2.05) is 0 Å². The average Bonchev–Trinajstić information content (AvgIpc) is 2.66. The van der Waals surface area contributed by atoms with Crippen molar-refractivity contribution < 1.29 is 14.3 Å². The molecule has 0 heterocycles. The minimum atomic E-state index is -0.203. The second kappa shape index (κ2) is 7.94. The first-order valence-corrected chi connectivity index (χ1v) is 10.7. The molecule has 4 fully saturated rings. The SMILES string of the molecule is CN(CCOc1ccc(Cl)cc1)C(=O)CNC(=O)C12CC3CC(CC(C3)C1)C2. The normalized spacial score (nSPS) is 30.1. The number of likely N-dealkylation sites (N-methyl/N-ethyl adjacent to an activating group) is 1. The molecule has 0 radical (unpaired) electrons. The monoisotopic (exact) mass is 404 g/mol. The summed E-state index contributed by atoms with van der Waals surface area (Å²) in [4.78, 5) is 26.9. The molecule has 0 atom stereocenters. The molecule has 28 heavy (non-hydrogen) atoms. The van der Waals surface area contributed by atoms with Crippen molar-refractivity contribution in [3.8, 4) is 5.75 Å². The molecule has 0 aromatic heterocycles. The Kier molecular flexibility index (Phi) is 5.55. The van der Waals surface area contributed by atoms with Gasteiger partial charge in [0.2, 0.25) is 11.8 Å². The van der Waals surface area contributed by atoms with Crippen molar-refractivity contribution in [2.45, 2.75) is 38.5 Å². The lowest BCUT2D eigenvalue weighted by atomic mass is 9.49. The molecular weight excluding hydrogens is 376 g/mol. The third-order valence-electron chi connectivity index (χ3n) is 6.85. The summed E-state index contributed by atoms with van der Waals surface area (Å²) in [6, 6.07) is 7.14. The molecule has 6 heteroatoms. The molecule has 1 aromatic carbocycles. The lowest BCUT2D eigenvalue weighted by Gasteiger charge is -2.55. The molecule has 4 bridgehead atoms. The number of hydrogen-bond acceptors (Lipinski definition) is 3. The third-order valence-corrected chi connectivity index (χ3v) is 7.11. The van der Waals surface area contributed by atoms with Crippen LogP contribution in [-0.2, 0) is 9.59 Å². The summed E-state index contributed by atoms with van der Waals surface area (Å²) in [7, 11) is 1.74. The van der Waals surface area contributed by atoms with Crippen LogP contribution < -0.4 is 10.1 Å². The molecule has 5 nitrogen and oxygen atoms in total. The van der Waals surface area contributed by atoms with Gasteiger partial charge in [-0.25, -0.2) is 0 Å². The highest BCUT2D eigenvalue weighted by Crippen LogP contribution is 2.60. The van der Waals surface area contributed by atoms with Crippen molar-refractivity contribution in [2.24, 2.45) is 23.2 Å².